The standard InChI is InChI=1S/C15H14N6/c1-2-4-11(5-3-1)21-14(9-19-20-21)15-12-8-16-7-6-13(12)17-10-18-15/h1-5,9-10,16H,6-8H2. The largest absolute Gasteiger partial charge is 0.312 e. The van der Waals surface area contributed by atoms with Gasteiger partial charge in [0.15, 0.2) is 0 Å². The number of nitrogens with zero attached hydrogens (tertiary/aromatic N) is 5. The molecular weight excluding hydrogens is 264 g/mol. The van der Waals surface area contributed by atoms with E-state index in [1.165, 1.54) is 0 Å². The molecule has 0 aliphatic carbocycles. The van der Waals surface area contributed by atoms with Crippen LogP contribution in [-0.4, -0.2) is 31.5 Å². The predicted octanol–water partition coefficient (Wildman–Crippen LogP) is 1.37. The Morgan fingerprint density at radius 2 is 2.00 bits per heavy atom. The second-order valence-corrected chi connectivity index (χ2v) is 4.94. The van der Waals surface area contributed by atoms with Crippen LogP contribution in [0.25, 0.3) is 17.1 Å². The second-order valence-electron chi connectivity index (χ2n) is 4.94. The zero-order chi connectivity index (χ0) is 14.1. The molecule has 1 aliphatic heterocycles. The molecule has 0 fully saturated rings. The fourth-order valence-electron chi connectivity index (χ4n) is 2.65. The molecule has 3 aromatic rings. The molecule has 1 N–H and O–H groups in total. The van der Waals surface area contributed by atoms with Crippen molar-refractivity contribution in [2.45, 2.75) is 13.0 Å². The molecule has 3 heterocycles. The SMILES string of the molecule is c1ccc(-n2nncc2-c2ncnc3c2CNCC3)cc1. The zero-order valence-electron chi connectivity index (χ0n) is 11.4. The Morgan fingerprint density at radius 1 is 1.10 bits per heavy atom. The van der Waals surface area contributed by atoms with Gasteiger partial charge < -0.3 is 5.32 Å². The maximum Gasteiger partial charge on any atom is 0.116 e. The highest BCUT2D eigenvalue weighted by atomic mass is 15.4. The second kappa shape index (κ2) is 5.06. The van der Waals surface area contributed by atoms with Crippen molar-refractivity contribution in [3.05, 3.63) is 54.1 Å². The van der Waals surface area contributed by atoms with E-state index in [0.29, 0.717) is 0 Å². The summed E-state index contributed by atoms with van der Waals surface area (Å²) in [5, 5.41) is 11.6. The first-order chi connectivity index (χ1) is 10.4. The third-order valence-electron chi connectivity index (χ3n) is 3.67. The topological polar surface area (TPSA) is 68.5 Å². The minimum absolute atomic E-state index is 0.783. The van der Waals surface area contributed by atoms with Crippen LogP contribution in [0.15, 0.2) is 42.9 Å². The molecule has 1 aliphatic rings. The van der Waals surface area contributed by atoms with Gasteiger partial charge in [-0.2, -0.15) is 0 Å². The van der Waals surface area contributed by atoms with Crippen molar-refractivity contribution in [3.8, 4) is 17.1 Å². The lowest BCUT2D eigenvalue weighted by Gasteiger charge is -2.18. The Labute approximate surface area is 121 Å². The van der Waals surface area contributed by atoms with E-state index >= 15 is 0 Å². The number of para-hydroxylation sites is 1. The summed E-state index contributed by atoms with van der Waals surface area (Å²) in [7, 11) is 0. The highest BCUT2D eigenvalue weighted by Crippen LogP contribution is 2.25. The van der Waals surface area contributed by atoms with Crippen LogP contribution in [0.1, 0.15) is 11.3 Å². The minimum Gasteiger partial charge on any atom is -0.312 e. The number of hydrogen-bond acceptors (Lipinski definition) is 5. The summed E-state index contributed by atoms with van der Waals surface area (Å²) in [6.07, 6.45) is 4.31. The molecule has 0 spiro atoms. The number of nitrogens with one attached hydrogen (secondary N) is 1. The van der Waals surface area contributed by atoms with Crippen molar-refractivity contribution >= 4 is 0 Å². The van der Waals surface area contributed by atoms with Gasteiger partial charge in [-0.3, -0.25) is 0 Å². The average Bonchev–Trinajstić information content (AvgIpc) is 3.04. The number of benzene rings is 1. The first-order valence-electron chi connectivity index (χ1n) is 6.93. The Hall–Kier alpha value is -2.60. The molecule has 6 heteroatoms. The Morgan fingerprint density at radius 3 is 2.90 bits per heavy atom. The van der Waals surface area contributed by atoms with Crippen LogP contribution in [0, 0.1) is 0 Å². The van der Waals surface area contributed by atoms with Gasteiger partial charge in [0, 0.05) is 25.1 Å². The molecule has 6 nitrogen and oxygen atoms in total. The molecule has 0 radical (unpaired) electrons. The van der Waals surface area contributed by atoms with E-state index in [0.717, 1.165) is 47.8 Å². The Balaban J connectivity index is 1.88. The lowest BCUT2D eigenvalue weighted by Crippen LogP contribution is -2.25. The van der Waals surface area contributed by atoms with E-state index in [9.17, 15) is 0 Å². The summed E-state index contributed by atoms with van der Waals surface area (Å²) < 4.78 is 1.82. The molecule has 4 rings (SSSR count). The van der Waals surface area contributed by atoms with Gasteiger partial charge >= 0.3 is 0 Å². The van der Waals surface area contributed by atoms with Gasteiger partial charge in [0.25, 0.3) is 0 Å². The summed E-state index contributed by atoms with van der Waals surface area (Å²) >= 11 is 0. The van der Waals surface area contributed by atoms with Crippen molar-refractivity contribution < 1.29 is 0 Å². The summed E-state index contributed by atoms with van der Waals surface area (Å²) in [5.74, 6) is 0. The Bertz CT molecular complexity index is 765. The van der Waals surface area contributed by atoms with Gasteiger partial charge in [-0.05, 0) is 12.1 Å². The molecule has 104 valence electrons. The molecule has 0 saturated carbocycles. The van der Waals surface area contributed by atoms with Gasteiger partial charge in [-0.25, -0.2) is 14.6 Å². The molecule has 0 unspecified atom stereocenters. The molecule has 0 amide bonds. The van der Waals surface area contributed by atoms with E-state index in [1.54, 1.807) is 12.5 Å². The van der Waals surface area contributed by atoms with E-state index < -0.39 is 0 Å². The van der Waals surface area contributed by atoms with Gasteiger partial charge in [-0.1, -0.05) is 23.4 Å². The molecular formula is C15H14N6. The highest BCUT2D eigenvalue weighted by molar-refractivity contribution is 5.61. The van der Waals surface area contributed by atoms with E-state index in [1.807, 2.05) is 35.0 Å². The summed E-state index contributed by atoms with van der Waals surface area (Å²) in [6, 6.07) is 9.96. The van der Waals surface area contributed by atoms with Crippen LogP contribution in [0.4, 0.5) is 0 Å². The maximum atomic E-state index is 4.47. The lowest BCUT2D eigenvalue weighted by atomic mass is 10.0. The fraction of sp³-hybridized carbons (Fsp3) is 0.200. The smallest absolute Gasteiger partial charge is 0.116 e. The number of fused-ring (bicyclic) bond motifs is 1. The van der Waals surface area contributed by atoms with Crippen LogP contribution < -0.4 is 5.32 Å². The normalized spacial score (nSPS) is 13.9. The quantitative estimate of drug-likeness (QED) is 0.766. The molecule has 21 heavy (non-hydrogen) atoms. The predicted molar refractivity (Wildman–Crippen MR) is 77.8 cm³/mol. The van der Waals surface area contributed by atoms with E-state index in [2.05, 4.69) is 25.6 Å². The van der Waals surface area contributed by atoms with Crippen LogP contribution in [0.5, 0.6) is 0 Å². The summed E-state index contributed by atoms with van der Waals surface area (Å²) in [5.41, 5.74) is 5.02. The molecule has 0 atom stereocenters. The van der Waals surface area contributed by atoms with Crippen molar-refractivity contribution in [2.75, 3.05) is 6.54 Å². The first kappa shape index (κ1) is 12.2. The highest BCUT2D eigenvalue weighted by Gasteiger charge is 2.19. The van der Waals surface area contributed by atoms with Gasteiger partial charge in [0.05, 0.1) is 23.3 Å². The lowest BCUT2D eigenvalue weighted by molar-refractivity contribution is 0.626. The first-order valence-corrected chi connectivity index (χ1v) is 6.93. The monoisotopic (exact) mass is 278 g/mol. The van der Waals surface area contributed by atoms with Crippen LogP contribution in [-0.2, 0) is 13.0 Å². The third kappa shape index (κ3) is 2.09. The molecule has 2 aromatic heterocycles. The average molecular weight is 278 g/mol. The van der Waals surface area contributed by atoms with Crippen molar-refractivity contribution in [1.29, 1.82) is 0 Å². The van der Waals surface area contributed by atoms with Gasteiger partial charge in [0.2, 0.25) is 0 Å². The van der Waals surface area contributed by atoms with Crippen molar-refractivity contribution in [2.24, 2.45) is 0 Å². The van der Waals surface area contributed by atoms with Crippen LogP contribution in [0.3, 0.4) is 0 Å². The molecule has 0 saturated heterocycles. The Kier molecular flexibility index (Phi) is 2.93. The summed E-state index contributed by atoms with van der Waals surface area (Å²) in [6.45, 7) is 1.74. The van der Waals surface area contributed by atoms with Crippen molar-refractivity contribution in [3.63, 3.8) is 0 Å². The maximum absolute atomic E-state index is 4.47. The molecule has 0 bridgehead atoms. The number of rotatable bonds is 2. The van der Waals surface area contributed by atoms with E-state index in [-0.39, 0.29) is 0 Å². The zero-order valence-corrected chi connectivity index (χ0v) is 11.4. The van der Waals surface area contributed by atoms with Gasteiger partial charge in [-0.15, -0.1) is 5.10 Å². The van der Waals surface area contributed by atoms with Crippen molar-refractivity contribution in [1.82, 2.24) is 30.3 Å². The third-order valence-corrected chi connectivity index (χ3v) is 3.67. The minimum atomic E-state index is 0.783. The summed E-state index contributed by atoms with van der Waals surface area (Å²) in [4.78, 5) is 8.86. The fourth-order valence-corrected chi connectivity index (χ4v) is 2.65. The van der Waals surface area contributed by atoms with Crippen LogP contribution >= 0.6 is 0 Å². The number of hydrogen-bond donors (Lipinski definition) is 1. The number of aromatic nitrogens is 5. The van der Waals surface area contributed by atoms with Gasteiger partial charge in [0.1, 0.15) is 12.0 Å². The van der Waals surface area contributed by atoms with E-state index in [4.69, 9.17) is 0 Å². The van der Waals surface area contributed by atoms with Crippen LogP contribution in [0.2, 0.25) is 0 Å². The molecule has 1 aromatic carbocycles.